The molecule has 0 saturated carbocycles. The molecule has 0 fully saturated rings. The Morgan fingerprint density at radius 1 is 0.941 bits per heavy atom. The van der Waals surface area contributed by atoms with Gasteiger partial charge >= 0.3 is 5.97 Å². The minimum atomic E-state index is -0.610. The molecule has 7 heteroatoms. The molecule has 0 atom stereocenters. The number of anilines is 1. The van der Waals surface area contributed by atoms with Crippen LogP contribution in [0.2, 0.25) is 10.0 Å². The lowest BCUT2D eigenvalue weighted by atomic mass is 10.0. The Labute approximate surface area is 209 Å². The zero-order chi connectivity index (χ0) is 24.5. The standard InChI is InChI=1S/C27H25Cl2NO4/c1-18(2)21-6-3-4-9-25(21)30-26(31)17-34-27(32)15-12-19-10-13-20(14-11-19)33-16-22-23(28)7-5-8-24(22)29/h3-15,18H,16-17H2,1-2H3,(H,30,31). The largest absolute Gasteiger partial charge is 0.489 e. The molecule has 3 aromatic carbocycles. The molecule has 0 bridgehead atoms. The summed E-state index contributed by atoms with van der Waals surface area (Å²) in [5.41, 5.74) is 3.22. The van der Waals surface area contributed by atoms with Gasteiger partial charge in [-0.05, 0) is 53.5 Å². The molecule has 0 aliphatic heterocycles. The van der Waals surface area contributed by atoms with E-state index in [9.17, 15) is 9.59 Å². The van der Waals surface area contributed by atoms with Gasteiger partial charge in [0.1, 0.15) is 12.4 Å². The fraction of sp³-hybridized carbons (Fsp3) is 0.185. The van der Waals surface area contributed by atoms with Crippen LogP contribution in [0.25, 0.3) is 6.08 Å². The van der Waals surface area contributed by atoms with Crippen LogP contribution in [0, 0.1) is 0 Å². The number of hydrogen-bond donors (Lipinski definition) is 1. The van der Waals surface area contributed by atoms with E-state index in [0.29, 0.717) is 27.0 Å². The Morgan fingerprint density at radius 2 is 1.62 bits per heavy atom. The van der Waals surface area contributed by atoms with E-state index in [2.05, 4.69) is 5.32 Å². The number of nitrogens with one attached hydrogen (secondary N) is 1. The van der Waals surface area contributed by atoms with E-state index in [1.165, 1.54) is 6.08 Å². The highest BCUT2D eigenvalue weighted by atomic mass is 35.5. The highest BCUT2D eigenvalue weighted by Gasteiger charge is 2.11. The van der Waals surface area contributed by atoms with Gasteiger partial charge < -0.3 is 14.8 Å². The highest BCUT2D eigenvalue weighted by molar-refractivity contribution is 6.35. The lowest BCUT2D eigenvalue weighted by Gasteiger charge is -2.13. The van der Waals surface area contributed by atoms with Gasteiger partial charge in [0, 0.05) is 27.4 Å². The van der Waals surface area contributed by atoms with Gasteiger partial charge in [-0.1, -0.05) is 73.4 Å². The fourth-order valence-corrected chi connectivity index (χ4v) is 3.66. The molecular formula is C27H25Cl2NO4. The Bertz CT molecular complexity index is 1150. The van der Waals surface area contributed by atoms with E-state index in [1.807, 2.05) is 38.1 Å². The molecule has 3 aromatic rings. The number of para-hydroxylation sites is 1. The van der Waals surface area contributed by atoms with Crippen molar-refractivity contribution in [3.05, 3.63) is 99.5 Å². The number of carbonyl (C=O) groups is 2. The summed E-state index contributed by atoms with van der Waals surface area (Å²) in [4.78, 5) is 24.2. The molecule has 0 spiro atoms. The first-order chi connectivity index (χ1) is 16.3. The highest BCUT2D eigenvalue weighted by Crippen LogP contribution is 2.26. The molecule has 0 unspecified atom stereocenters. The maximum atomic E-state index is 12.2. The van der Waals surface area contributed by atoms with Gasteiger partial charge in [0.25, 0.3) is 5.91 Å². The van der Waals surface area contributed by atoms with Crippen molar-refractivity contribution in [3.8, 4) is 5.75 Å². The van der Waals surface area contributed by atoms with Crippen molar-refractivity contribution in [2.45, 2.75) is 26.4 Å². The Hall–Kier alpha value is -3.28. The first kappa shape index (κ1) is 25.3. The van der Waals surface area contributed by atoms with Crippen LogP contribution in [-0.4, -0.2) is 18.5 Å². The molecule has 1 amide bonds. The van der Waals surface area contributed by atoms with Crippen molar-refractivity contribution in [2.75, 3.05) is 11.9 Å². The topological polar surface area (TPSA) is 64.6 Å². The van der Waals surface area contributed by atoms with Crippen LogP contribution in [0.3, 0.4) is 0 Å². The van der Waals surface area contributed by atoms with Gasteiger partial charge in [0.2, 0.25) is 0 Å². The van der Waals surface area contributed by atoms with Crippen LogP contribution in [0.1, 0.15) is 36.5 Å². The van der Waals surface area contributed by atoms with Gasteiger partial charge in [-0.2, -0.15) is 0 Å². The Balaban J connectivity index is 1.47. The predicted molar refractivity (Wildman–Crippen MR) is 136 cm³/mol. The second-order valence-electron chi connectivity index (χ2n) is 7.79. The number of halogens is 2. The second kappa shape index (κ2) is 12.3. The number of hydrogen-bond acceptors (Lipinski definition) is 4. The summed E-state index contributed by atoms with van der Waals surface area (Å²) in [6, 6.07) is 20.0. The van der Waals surface area contributed by atoms with Gasteiger partial charge in [-0.3, -0.25) is 4.79 Å². The maximum Gasteiger partial charge on any atom is 0.331 e. The summed E-state index contributed by atoms with van der Waals surface area (Å²) in [7, 11) is 0. The van der Waals surface area contributed by atoms with Crippen LogP contribution in [0.15, 0.2) is 72.8 Å². The minimum Gasteiger partial charge on any atom is -0.489 e. The summed E-state index contributed by atoms with van der Waals surface area (Å²) >= 11 is 12.3. The van der Waals surface area contributed by atoms with Crippen LogP contribution < -0.4 is 10.1 Å². The van der Waals surface area contributed by atoms with E-state index in [0.717, 1.165) is 11.1 Å². The van der Waals surface area contributed by atoms with Crippen molar-refractivity contribution >= 4 is 46.8 Å². The molecule has 0 heterocycles. The van der Waals surface area contributed by atoms with Crippen molar-refractivity contribution in [1.29, 1.82) is 0 Å². The van der Waals surface area contributed by atoms with E-state index in [-0.39, 0.29) is 19.1 Å². The molecule has 0 aliphatic rings. The van der Waals surface area contributed by atoms with E-state index in [4.69, 9.17) is 32.7 Å². The number of benzene rings is 3. The summed E-state index contributed by atoms with van der Waals surface area (Å²) in [5, 5.41) is 3.88. The van der Waals surface area contributed by atoms with E-state index < -0.39 is 11.9 Å². The lowest BCUT2D eigenvalue weighted by Crippen LogP contribution is -2.21. The van der Waals surface area contributed by atoms with Crippen molar-refractivity contribution in [3.63, 3.8) is 0 Å². The summed E-state index contributed by atoms with van der Waals surface area (Å²) in [6.45, 7) is 3.96. The van der Waals surface area contributed by atoms with Crippen LogP contribution >= 0.6 is 23.2 Å². The average molecular weight is 498 g/mol. The van der Waals surface area contributed by atoms with Gasteiger partial charge in [0.15, 0.2) is 6.61 Å². The molecule has 34 heavy (non-hydrogen) atoms. The fourth-order valence-electron chi connectivity index (χ4n) is 3.15. The Morgan fingerprint density at radius 3 is 2.29 bits per heavy atom. The third-order valence-corrected chi connectivity index (χ3v) is 5.65. The number of carbonyl (C=O) groups excluding carboxylic acids is 2. The van der Waals surface area contributed by atoms with Gasteiger partial charge in [-0.25, -0.2) is 4.79 Å². The SMILES string of the molecule is CC(C)c1ccccc1NC(=O)COC(=O)C=Cc1ccc(OCc2c(Cl)cccc2Cl)cc1. The van der Waals surface area contributed by atoms with Crippen LogP contribution in [0.4, 0.5) is 5.69 Å². The number of amides is 1. The third-order valence-electron chi connectivity index (χ3n) is 4.94. The molecule has 3 rings (SSSR count). The number of rotatable bonds is 9. The summed E-state index contributed by atoms with van der Waals surface area (Å²) < 4.78 is 10.8. The molecule has 0 radical (unpaired) electrons. The quantitative estimate of drug-likeness (QED) is 0.258. The minimum absolute atomic E-state index is 0.240. The van der Waals surface area contributed by atoms with E-state index >= 15 is 0 Å². The lowest BCUT2D eigenvalue weighted by molar-refractivity contribution is -0.142. The van der Waals surface area contributed by atoms with Crippen molar-refractivity contribution in [2.24, 2.45) is 0 Å². The maximum absolute atomic E-state index is 12.2. The predicted octanol–water partition coefficient (Wildman–Crippen LogP) is 6.89. The molecule has 5 nitrogen and oxygen atoms in total. The molecule has 176 valence electrons. The van der Waals surface area contributed by atoms with Crippen LogP contribution in [0.5, 0.6) is 5.75 Å². The zero-order valence-corrected chi connectivity index (χ0v) is 20.4. The second-order valence-corrected chi connectivity index (χ2v) is 8.60. The number of esters is 1. The van der Waals surface area contributed by atoms with Gasteiger partial charge in [0.05, 0.1) is 0 Å². The monoisotopic (exact) mass is 497 g/mol. The third kappa shape index (κ3) is 7.37. The zero-order valence-electron chi connectivity index (χ0n) is 18.9. The smallest absolute Gasteiger partial charge is 0.331 e. The first-order valence-electron chi connectivity index (χ1n) is 10.7. The summed E-state index contributed by atoms with van der Waals surface area (Å²) in [6.07, 6.45) is 2.87. The molecular weight excluding hydrogens is 473 g/mol. The summed E-state index contributed by atoms with van der Waals surface area (Å²) in [5.74, 6) is -0.113. The Kier molecular flexibility index (Phi) is 9.14. The van der Waals surface area contributed by atoms with Crippen LogP contribution in [-0.2, 0) is 20.9 Å². The number of ether oxygens (including phenoxy) is 2. The first-order valence-corrected chi connectivity index (χ1v) is 11.5. The van der Waals surface area contributed by atoms with Crippen molar-refractivity contribution in [1.82, 2.24) is 0 Å². The van der Waals surface area contributed by atoms with Gasteiger partial charge in [-0.15, -0.1) is 0 Å². The van der Waals surface area contributed by atoms with E-state index in [1.54, 1.807) is 48.5 Å². The average Bonchev–Trinajstić information content (AvgIpc) is 2.82. The normalized spacial score (nSPS) is 11.0. The molecule has 0 saturated heterocycles. The molecule has 0 aromatic heterocycles. The van der Waals surface area contributed by atoms with Crippen molar-refractivity contribution < 1.29 is 19.1 Å². The molecule has 1 N–H and O–H groups in total. The molecule has 0 aliphatic carbocycles.